The molecule has 4 rings (SSSR count). The molecule has 0 aliphatic carbocycles. The molecular weight excluding hydrogens is 282 g/mol. The molecule has 0 unspecified atom stereocenters. The molecule has 3 nitrogen and oxygen atoms in total. The Morgan fingerprint density at radius 2 is 1.74 bits per heavy atom. The standard InChI is InChI=1S/C20H20N3/c1-13-17-9-5-7-11-22(17)15(3)19(13)21-20-14(2)18-10-6-8-12-23(18)16(20)4/h5-12H,1-4H3/q+1. The third kappa shape index (κ3) is 1.89. The van der Waals surface area contributed by atoms with E-state index >= 15 is 0 Å². The van der Waals surface area contributed by atoms with Crippen LogP contribution in [0.25, 0.3) is 11.1 Å². The molecule has 0 saturated heterocycles. The second-order valence-electron chi connectivity index (χ2n) is 6.14. The summed E-state index contributed by atoms with van der Waals surface area (Å²) >= 11 is 0. The van der Waals surface area contributed by atoms with Gasteiger partial charge in [-0.25, -0.2) is 4.99 Å². The average molecular weight is 302 g/mol. The first-order chi connectivity index (χ1) is 11.1. The second-order valence-corrected chi connectivity index (χ2v) is 6.14. The Morgan fingerprint density at radius 1 is 0.957 bits per heavy atom. The van der Waals surface area contributed by atoms with Gasteiger partial charge in [-0.05, 0) is 39.0 Å². The van der Waals surface area contributed by atoms with Crippen LogP contribution in [0.3, 0.4) is 0 Å². The van der Waals surface area contributed by atoms with Crippen molar-refractivity contribution in [2.45, 2.75) is 27.7 Å². The van der Waals surface area contributed by atoms with Gasteiger partial charge in [0.05, 0.1) is 16.8 Å². The van der Waals surface area contributed by atoms with Gasteiger partial charge in [0.2, 0.25) is 11.1 Å². The molecule has 23 heavy (non-hydrogen) atoms. The van der Waals surface area contributed by atoms with Crippen molar-refractivity contribution in [2.24, 2.45) is 4.99 Å². The molecule has 0 atom stereocenters. The number of aryl methyl sites for hydroxylation is 2. The number of aromatic nitrogens is 2. The van der Waals surface area contributed by atoms with Crippen LogP contribution in [-0.4, -0.2) is 10.1 Å². The van der Waals surface area contributed by atoms with Gasteiger partial charge < -0.3 is 4.40 Å². The van der Waals surface area contributed by atoms with Crippen molar-refractivity contribution in [2.75, 3.05) is 0 Å². The van der Waals surface area contributed by atoms with Crippen molar-refractivity contribution in [3.63, 3.8) is 0 Å². The zero-order chi connectivity index (χ0) is 16.1. The van der Waals surface area contributed by atoms with Gasteiger partial charge in [-0.3, -0.25) is 0 Å². The molecule has 1 aliphatic rings. The number of hydrogen-bond donors (Lipinski definition) is 0. The summed E-state index contributed by atoms with van der Waals surface area (Å²) in [5.74, 6) is 0. The largest absolute Gasteiger partial charge is 0.319 e. The Labute approximate surface area is 135 Å². The Kier molecular flexibility index (Phi) is 2.98. The molecule has 0 radical (unpaired) electrons. The van der Waals surface area contributed by atoms with E-state index in [-0.39, 0.29) is 0 Å². The quantitative estimate of drug-likeness (QED) is 0.616. The highest BCUT2D eigenvalue weighted by atomic mass is 15.0. The number of nitrogens with zero attached hydrogens (tertiary/aromatic N) is 3. The van der Waals surface area contributed by atoms with Gasteiger partial charge in [0.15, 0.2) is 6.20 Å². The van der Waals surface area contributed by atoms with Crippen LogP contribution in [0.4, 0.5) is 5.69 Å². The molecule has 3 aromatic rings. The first kappa shape index (κ1) is 13.9. The van der Waals surface area contributed by atoms with Gasteiger partial charge in [-0.15, -0.1) is 0 Å². The smallest absolute Gasteiger partial charge is 0.216 e. The molecule has 3 heteroatoms. The van der Waals surface area contributed by atoms with Gasteiger partial charge in [-0.1, -0.05) is 6.07 Å². The molecule has 3 aromatic heterocycles. The Hall–Kier alpha value is -2.68. The molecule has 4 heterocycles. The fraction of sp³-hybridized carbons (Fsp3) is 0.200. The molecule has 114 valence electrons. The van der Waals surface area contributed by atoms with Crippen LogP contribution in [0.2, 0.25) is 0 Å². The van der Waals surface area contributed by atoms with Crippen molar-refractivity contribution in [3.8, 4) is 0 Å². The predicted molar refractivity (Wildman–Crippen MR) is 93.6 cm³/mol. The number of rotatable bonds is 1. The maximum atomic E-state index is 5.07. The summed E-state index contributed by atoms with van der Waals surface area (Å²) in [4.78, 5) is 5.07. The lowest BCUT2D eigenvalue weighted by atomic mass is 10.1. The first-order valence-electron chi connectivity index (χ1n) is 7.94. The molecular formula is C20H20N3+. The van der Waals surface area contributed by atoms with E-state index in [0.29, 0.717) is 0 Å². The second kappa shape index (κ2) is 4.92. The number of hydrogen-bond acceptors (Lipinski definition) is 1. The zero-order valence-electron chi connectivity index (χ0n) is 14.0. The van der Waals surface area contributed by atoms with Crippen LogP contribution in [0.15, 0.2) is 53.8 Å². The summed E-state index contributed by atoms with van der Waals surface area (Å²) in [5.41, 5.74) is 8.23. The minimum Gasteiger partial charge on any atom is -0.319 e. The Morgan fingerprint density at radius 3 is 2.48 bits per heavy atom. The number of fused-ring (bicyclic) bond motifs is 2. The molecule has 0 aromatic carbocycles. The van der Waals surface area contributed by atoms with Crippen LogP contribution < -0.4 is 9.59 Å². The maximum Gasteiger partial charge on any atom is 0.216 e. The summed E-state index contributed by atoms with van der Waals surface area (Å²) in [5, 5.41) is 1.22. The van der Waals surface area contributed by atoms with Crippen LogP contribution in [0.1, 0.15) is 25.1 Å². The highest BCUT2D eigenvalue weighted by Gasteiger charge is 2.24. The first-order valence-corrected chi connectivity index (χ1v) is 7.94. The lowest BCUT2D eigenvalue weighted by Crippen LogP contribution is -2.35. The van der Waals surface area contributed by atoms with Gasteiger partial charge in [0.1, 0.15) is 5.71 Å². The summed E-state index contributed by atoms with van der Waals surface area (Å²) in [6, 6.07) is 12.6. The van der Waals surface area contributed by atoms with Crippen molar-refractivity contribution in [3.05, 3.63) is 71.1 Å². The molecule has 0 saturated carbocycles. The zero-order valence-corrected chi connectivity index (χ0v) is 14.0. The van der Waals surface area contributed by atoms with Crippen LogP contribution >= 0.6 is 0 Å². The van der Waals surface area contributed by atoms with Crippen LogP contribution in [-0.2, 0) is 0 Å². The summed E-state index contributed by atoms with van der Waals surface area (Å²) in [6.45, 7) is 8.59. The lowest BCUT2D eigenvalue weighted by Gasteiger charge is -1.99. The van der Waals surface area contributed by atoms with E-state index in [4.69, 9.17) is 4.99 Å². The third-order valence-electron chi connectivity index (χ3n) is 4.83. The van der Waals surface area contributed by atoms with Gasteiger partial charge in [0, 0.05) is 36.5 Å². The number of aliphatic imine (C=N–C) groups is 1. The summed E-state index contributed by atoms with van der Waals surface area (Å²) < 4.78 is 4.43. The SMILES string of the molecule is CC1=c2cccc[n+]2=C(C)C1=Nc1c(C)c2ccccn2c1C. The third-order valence-corrected chi connectivity index (χ3v) is 4.83. The average Bonchev–Trinajstić information content (AvgIpc) is 2.97. The molecule has 0 amide bonds. The predicted octanol–water partition coefficient (Wildman–Crippen LogP) is 3.20. The van der Waals surface area contributed by atoms with Crippen LogP contribution in [0.5, 0.6) is 0 Å². The van der Waals surface area contributed by atoms with Gasteiger partial charge in [0.25, 0.3) is 0 Å². The number of pyridine rings is 2. The highest BCUT2D eigenvalue weighted by molar-refractivity contribution is 6.24. The molecule has 1 aliphatic heterocycles. The van der Waals surface area contributed by atoms with E-state index in [2.05, 4.69) is 85.1 Å². The monoisotopic (exact) mass is 302 g/mol. The topological polar surface area (TPSA) is 22.7 Å². The summed E-state index contributed by atoms with van der Waals surface area (Å²) in [7, 11) is 0. The van der Waals surface area contributed by atoms with Crippen molar-refractivity contribution in [1.82, 2.24) is 4.40 Å². The molecule has 0 bridgehead atoms. The summed E-state index contributed by atoms with van der Waals surface area (Å²) in [6.07, 6.45) is 4.21. The fourth-order valence-corrected chi connectivity index (χ4v) is 3.54. The van der Waals surface area contributed by atoms with E-state index in [1.807, 2.05) is 0 Å². The molecule has 0 spiro atoms. The lowest BCUT2D eigenvalue weighted by molar-refractivity contribution is -0.529. The Bertz CT molecular complexity index is 1020. The fourth-order valence-electron chi connectivity index (χ4n) is 3.54. The molecule has 0 fully saturated rings. The minimum atomic E-state index is 1.08. The molecule has 0 N–H and O–H groups in total. The van der Waals surface area contributed by atoms with E-state index in [1.165, 1.54) is 33.4 Å². The normalized spacial score (nSPS) is 15.7. The van der Waals surface area contributed by atoms with E-state index in [9.17, 15) is 0 Å². The van der Waals surface area contributed by atoms with Crippen molar-refractivity contribution >= 4 is 22.5 Å². The van der Waals surface area contributed by atoms with Crippen LogP contribution in [0, 0.1) is 19.6 Å². The van der Waals surface area contributed by atoms with Crippen molar-refractivity contribution < 1.29 is 4.24 Å². The Balaban J connectivity index is 2.02. The van der Waals surface area contributed by atoms with E-state index < -0.39 is 0 Å². The highest BCUT2D eigenvalue weighted by Crippen LogP contribution is 2.31. The van der Waals surface area contributed by atoms with Crippen molar-refractivity contribution in [1.29, 1.82) is 0 Å². The van der Waals surface area contributed by atoms with E-state index in [1.54, 1.807) is 0 Å². The van der Waals surface area contributed by atoms with Gasteiger partial charge >= 0.3 is 0 Å². The van der Waals surface area contributed by atoms with Gasteiger partial charge in [-0.2, -0.15) is 4.24 Å². The minimum absolute atomic E-state index is 1.08. The maximum absolute atomic E-state index is 5.07. The van der Waals surface area contributed by atoms with E-state index in [0.717, 1.165) is 11.4 Å².